The van der Waals surface area contributed by atoms with E-state index >= 15 is 0 Å². The molecule has 0 aliphatic carbocycles. The summed E-state index contributed by atoms with van der Waals surface area (Å²) < 4.78 is 23.6. The van der Waals surface area contributed by atoms with Crippen molar-refractivity contribution in [3.63, 3.8) is 0 Å². The van der Waals surface area contributed by atoms with Gasteiger partial charge in [-0.05, 0) is 54.2 Å². The van der Waals surface area contributed by atoms with Crippen molar-refractivity contribution in [3.05, 3.63) is 53.8 Å². The maximum Gasteiger partial charge on any atom is 0.251 e. The van der Waals surface area contributed by atoms with Crippen LogP contribution in [0.3, 0.4) is 0 Å². The van der Waals surface area contributed by atoms with Crippen LogP contribution < -0.4 is 14.8 Å². The molecule has 1 atom stereocenters. The topological polar surface area (TPSA) is 71.1 Å². The standard InChI is InChI=1S/C21H22FN3O4S/c1-24-20(27)16(11-19(26)23-15-7-5-14(22)6-8-15)25(21(24)30)12-13-4-9-17(28-2)18(10-13)29-3/h4-10,16H,11-12H2,1-3H3,(H,23,26)/t16-/m0/s1. The van der Waals surface area contributed by atoms with E-state index in [1.165, 1.54) is 29.2 Å². The Morgan fingerprint density at radius 3 is 2.43 bits per heavy atom. The molecular weight excluding hydrogens is 409 g/mol. The van der Waals surface area contributed by atoms with Gasteiger partial charge in [0.2, 0.25) is 5.91 Å². The average molecular weight is 431 g/mol. The van der Waals surface area contributed by atoms with Gasteiger partial charge >= 0.3 is 0 Å². The van der Waals surface area contributed by atoms with Crippen LogP contribution in [-0.4, -0.2) is 54.0 Å². The first-order valence-corrected chi connectivity index (χ1v) is 9.59. The molecule has 1 aliphatic heterocycles. The summed E-state index contributed by atoms with van der Waals surface area (Å²) in [5, 5.41) is 3.02. The Hall–Kier alpha value is -3.20. The number of benzene rings is 2. The van der Waals surface area contributed by atoms with E-state index in [9.17, 15) is 14.0 Å². The van der Waals surface area contributed by atoms with Crippen molar-refractivity contribution < 1.29 is 23.5 Å². The second-order valence-corrected chi connectivity index (χ2v) is 7.14. The number of methoxy groups -OCH3 is 2. The van der Waals surface area contributed by atoms with Gasteiger partial charge in [-0.1, -0.05) is 6.07 Å². The van der Waals surface area contributed by atoms with Crippen LogP contribution >= 0.6 is 12.2 Å². The number of nitrogens with zero attached hydrogens (tertiary/aromatic N) is 2. The number of carbonyl (C=O) groups is 2. The van der Waals surface area contributed by atoms with Crippen molar-refractivity contribution in [1.82, 2.24) is 9.80 Å². The maximum atomic E-state index is 13.0. The zero-order valence-electron chi connectivity index (χ0n) is 16.8. The number of ether oxygens (including phenoxy) is 2. The molecule has 0 bridgehead atoms. The molecule has 0 unspecified atom stereocenters. The van der Waals surface area contributed by atoms with Crippen LogP contribution in [0.25, 0.3) is 0 Å². The van der Waals surface area contributed by atoms with Gasteiger partial charge in [0.15, 0.2) is 16.6 Å². The van der Waals surface area contributed by atoms with Crippen molar-refractivity contribution in [3.8, 4) is 11.5 Å². The third-order valence-corrected chi connectivity index (χ3v) is 5.34. The third kappa shape index (κ3) is 4.51. The van der Waals surface area contributed by atoms with E-state index in [0.717, 1.165) is 5.56 Å². The van der Waals surface area contributed by atoms with E-state index in [4.69, 9.17) is 21.7 Å². The zero-order chi connectivity index (χ0) is 21.8. The lowest BCUT2D eigenvalue weighted by molar-refractivity contribution is -0.130. The highest BCUT2D eigenvalue weighted by atomic mass is 32.1. The normalized spacial score (nSPS) is 16.1. The molecule has 0 saturated carbocycles. The Bertz CT molecular complexity index is 967. The van der Waals surface area contributed by atoms with Crippen molar-refractivity contribution in [1.29, 1.82) is 0 Å². The minimum atomic E-state index is -0.740. The van der Waals surface area contributed by atoms with Gasteiger partial charge in [0.1, 0.15) is 11.9 Å². The molecule has 7 nitrogen and oxygen atoms in total. The summed E-state index contributed by atoms with van der Waals surface area (Å²) in [6.45, 7) is 0.323. The van der Waals surface area contributed by atoms with E-state index in [2.05, 4.69) is 5.32 Å². The number of rotatable bonds is 7. The van der Waals surface area contributed by atoms with E-state index in [1.54, 1.807) is 38.3 Å². The van der Waals surface area contributed by atoms with Gasteiger partial charge in [-0.25, -0.2) is 4.39 Å². The molecule has 1 N–H and O–H groups in total. The minimum absolute atomic E-state index is 0.0893. The fourth-order valence-corrected chi connectivity index (χ4v) is 3.53. The molecule has 2 aromatic carbocycles. The van der Waals surface area contributed by atoms with Gasteiger partial charge in [-0.15, -0.1) is 0 Å². The predicted octanol–water partition coefficient (Wildman–Crippen LogP) is 2.80. The summed E-state index contributed by atoms with van der Waals surface area (Å²) in [5.41, 5.74) is 1.30. The lowest BCUT2D eigenvalue weighted by Gasteiger charge is -2.24. The Morgan fingerprint density at radius 2 is 1.80 bits per heavy atom. The highest BCUT2D eigenvalue weighted by Crippen LogP contribution is 2.30. The molecule has 1 aliphatic rings. The van der Waals surface area contributed by atoms with Gasteiger partial charge in [-0.3, -0.25) is 14.5 Å². The van der Waals surface area contributed by atoms with Gasteiger partial charge in [0, 0.05) is 19.3 Å². The smallest absolute Gasteiger partial charge is 0.251 e. The van der Waals surface area contributed by atoms with Crippen LogP contribution in [0.4, 0.5) is 10.1 Å². The van der Waals surface area contributed by atoms with Crippen LogP contribution in [0.2, 0.25) is 0 Å². The fraction of sp³-hybridized carbons (Fsp3) is 0.286. The molecule has 2 aromatic rings. The first-order chi connectivity index (χ1) is 14.3. The average Bonchev–Trinajstić information content (AvgIpc) is 2.93. The molecule has 0 spiro atoms. The van der Waals surface area contributed by atoms with Gasteiger partial charge in [-0.2, -0.15) is 0 Å². The Labute approximate surface area is 179 Å². The number of thiocarbonyl (C=S) groups is 1. The highest BCUT2D eigenvalue weighted by Gasteiger charge is 2.41. The maximum absolute atomic E-state index is 13.0. The molecule has 9 heteroatoms. The van der Waals surface area contributed by atoms with Crippen molar-refractivity contribution in [2.75, 3.05) is 26.6 Å². The number of likely N-dealkylation sites (N-methyl/N-ethyl adjacent to an activating group) is 1. The Balaban J connectivity index is 1.76. The monoisotopic (exact) mass is 431 g/mol. The van der Waals surface area contributed by atoms with Gasteiger partial charge in [0.05, 0.1) is 20.6 Å². The Kier molecular flexibility index (Phi) is 6.51. The molecule has 1 saturated heterocycles. The van der Waals surface area contributed by atoms with Crippen LogP contribution in [0, 0.1) is 5.82 Å². The first-order valence-electron chi connectivity index (χ1n) is 9.18. The predicted molar refractivity (Wildman–Crippen MR) is 114 cm³/mol. The fourth-order valence-electron chi connectivity index (χ4n) is 3.25. The van der Waals surface area contributed by atoms with E-state index in [1.807, 2.05) is 6.07 Å². The van der Waals surface area contributed by atoms with Crippen molar-refractivity contribution in [2.24, 2.45) is 0 Å². The molecule has 0 aromatic heterocycles. The summed E-state index contributed by atoms with van der Waals surface area (Å²) in [4.78, 5) is 28.3. The number of hydrogen-bond donors (Lipinski definition) is 1. The minimum Gasteiger partial charge on any atom is -0.493 e. The molecular formula is C21H22FN3O4S. The lowest BCUT2D eigenvalue weighted by Crippen LogP contribution is -2.37. The molecule has 30 heavy (non-hydrogen) atoms. The SMILES string of the molecule is COc1ccc(CN2C(=S)N(C)C(=O)[C@@H]2CC(=O)Nc2ccc(F)cc2)cc1OC. The number of anilines is 1. The van der Waals surface area contributed by atoms with E-state index in [0.29, 0.717) is 28.8 Å². The van der Waals surface area contributed by atoms with Crippen LogP contribution in [-0.2, 0) is 16.1 Å². The summed E-state index contributed by atoms with van der Waals surface area (Å²) in [7, 11) is 4.68. The second-order valence-electron chi connectivity index (χ2n) is 6.77. The first kappa shape index (κ1) is 21.5. The summed E-state index contributed by atoms with van der Waals surface area (Å²) >= 11 is 5.42. The highest BCUT2D eigenvalue weighted by molar-refractivity contribution is 7.80. The van der Waals surface area contributed by atoms with Gasteiger partial charge in [0.25, 0.3) is 5.91 Å². The van der Waals surface area contributed by atoms with Crippen LogP contribution in [0.15, 0.2) is 42.5 Å². The molecule has 1 fully saturated rings. The molecule has 158 valence electrons. The quantitative estimate of drug-likeness (QED) is 0.680. The molecule has 1 heterocycles. The number of carbonyl (C=O) groups excluding carboxylic acids is 2. The van der Waals surface area contributed by atoms with E-state index < -0.39 is 11.9 Å². The van der Waals surface area contributed by atoms with Crippen molar-refractivity contribution in [2.45, 2.75) is 19.0 Å². The number of halogens is 1. The largest absolute Gasteiger partial charge is 0.493 e. The number of amides is 2. The van der Waals surface area contributed by atoms with E-state index in [-0.39, 0.29) is 18.2 Å². The molecule has 0 radical (unpaired) electrons. The number of hydrogen-bond acceptors (Lipinski definition) is 5. The molecule has 2 amide bonds. The third-order valence-electron chi connectivity index (χ3n) is 4.83. The van der Waals surface area contributed by atoms with Crippen LogP contribution in [0.5, 0.6) is 11.5 Å². The van der Waals surface area contributed by atoms with Crippen molar-refractivity contribution >= 4 is 34.8 Å². The Morgan fingerprint density at radius 1 is 1.13 bits per heavy atom. The molecule has 3 rings (SSSR count). The summed E-state index contributed by atoms with van der Waals surface area (Å²) in [6.07, 6.45) is -0.0893. The summed E-state index contributed by atoms with van der Waals surface area (Å²) in [5.74, 6) is 0.135. The second kappa shape index (κ2) is 9.08. The summed E-state index contributed by atoms with van der Waals surface area (Å²) in [6, 6.07) is 10.1. The number of nitrogens with one attached hydrogen (secondary N) is 1. The van der Waals surface area contributed by atoms with Crippen LogP contribution in [0.1, 0.15) is 12.0 Å². The lowest BCUT2D eigenvalue weighted by atomic mass is 10.1. The van der Waals surface area contributed by atoms with Gasteiger partial charge < -0.3 is 19.7 Å². The zero-order valence-corrected chi connectivity index (χ0v) is 17.7.